The van der Waals surface area contributed by atoms with Crippen LogP contribution in [0.25, 0.3) is 6.08 Å². The monoisotopic (exact) mass is 312 g/mol. The molecule has 1 atom stereocenters. The van der Waals surface area contributed by atoms with Crippen LogP contribution in [0.1, 0.15) is 43.2 Å². The van der Waals surface area contributed by atoms with Crippen LogP contribution in [-0.4, -0.2) is 18.4 Å². The van der Waals surface area contributed by atoms with E-state index in [2.05, 4.69) is 16.4 Å². The Morgan fingerprint density at radius 2 is 2.00 bits per heavy atom. The Morgan fingerprint density at radius 3 is 2.74 bits per heavy atom. The van der Waals surface area contributed by atoms with Crippen molar-refractivity contribution in [3.63, 3.8) is 0 Å². The van der Waals surface area contributed by atoms with E-state index in [4.69, 9.17) is 0 Å². The van der Waals surface area contributed by atoms with Crippen molar-refractivity contribution in [1.29, 1.82) is 0 Å². The number of hydrogen-bond acceptors (Lipinski definition) is 2. The van der Waals surface area contributed by atoms with Crippen molar-refractivity contribution in [1.82, 2.24) is 5.32 Å². The Labute approximate surface area is 136 Å². The number of carbonyl (C=O) groups excluding carboxylic acids is 2. The summed E-state index contributed by atoms with van der Waals surface area (Å²) in [6.45, 7) is 4.57. The van der Waals surface area contributed by atoms with Crippen LogP contribution >= 0.6 is 0 Å². The predicted molar refractivity (Wildman–Crippen MR) is 89.2 cm³/mol. The second kappa shape index (κ2) is 6.65. The zero-order chi connectivity index (χ0) is 16.4. The molecule has 1 saturated carbocycles. The van der Waals surface area contributed by atoms with E-state index >= 15 is 0 Å². The second-order valence-electron chi connectivity index (χ2n) is 6.73. The molecule has 0 spiro atoms. The number of nitrogens with one attached hydrogen (secondary N) is 1. The number of amides is 2. The fourth-order valence-electron chi connectivity index (χ4n) is 3.48. The molecular formula is C19H24N2O2. The Morgan fingerprint density at radius 1 is 1.26 bits per heavy atom. The van der Waals surface area contributed by atoms with Gasteiger partial charge in [-0.25, -0.2) is 4.99 Å². The summed E-state index contributed by atoms with van der Waals surface area (Å²) in [6, 6.07) is 4.09. The van der Waals surface area contributed by atoms with Crippen LogP contribution in [0, 0.1) is 25.7 Å². The van der Waals surface area contributed by atoms with E-state index in [1.54, 1.807) is 0 Å². The average molecular weight is 312 g/mol. The minimum absolute atomic E-state index is 0.0960. The molecule has 1 aliphatic heterocycles. The standard InChI is InChI=1S/C19H24N2O2/c1-12-7-8-15-11-16(19(23)21-17(15)13(12)2)9-10-20-18(22)14-5-3-4-6-14/h7-8,11,14,16H,3-6,9-10H2,1-2H3,(H,20,22). The van der Waals surface area contributed by atoms with Gasteiger partial charge in [0.15, 0.2) is 0 Å². The largest absolute Gasteiger partial charge is 0.356 e. The van der Waals surface area contributed by atoms with Crippen LogP contribution in [0.2, 0.25) is 0 Å². The highest BCUT2D eigenvalue weighted by Gasteiger charge is 2.23. The first-order valence-corrected chi connectivity index (χ1v) is 8.54. The van der Waals surface area contributed by atoms with Crippen LogP contribution in [0.5, 0.6) is 0 Å². The lowest BCUT2D eigenvalue weighted by atomic mass is 9.97. The number of nitrogens with zero attached hydrogens (tertiary/aromatic N) is 1. The lowest BCUT2D eigenvalue weighted by Crippen LogP contribution is -2.37. The van der Waals surface area contributed by atoms with Crippen LogP contribution in [-0.2, 0) is 9.59 Å². The fraction of sp³-hybridized carbons (Fsp3) is 0.526. The third kappa shape index (κ3) is 3.36. The van der Waals surface area contributed by atoms with Gasteiger partial charge in [-0.05, 0) is 49.5 Å². The van der Waals surface area contributed by atoms with Crippen molar-refractivity contribution in [2.24, 2.45) is 16.8 Å². The summed E-state index contributed by atoms with van der Waals surface area (Å²) in [5.74, 6) is 0.00133. The normalized spacial score (nSPS) is 20.6. The summed E-state index contributed by atoms with van der Waals surface area (Å²) in [5, 5.41) is 4.82. The number of fused-ring (bicyclic) bond motifs is 1. The van der Waals surface area contributed by atoms with E-state index in [0.717, 1.165) is 47.4 Å². The molecule has 2 amide bonds. The zero-order valence-corrected chi connectivity index (χ0v) is 13.9. The number of aryl methyl sites for hydroxylation is 1. The molecule has 1 unspecified atom stereocenters. The summed E-state index contributed by atoms with van der Waals surface area (Å²) in [7, 11) is 0. The molecule has 4 heteroatoms. The molecule has 1 fully saturated rings. The second-order valence-corrected chi connectivity index (χ2v) is 6.73. The lowest BCUT2D eigenvalue weighted by Gasteiger charge is -2.15. The van der Waals surface area contributed by atoms with E-state index in [1.165, 1.54) is 0 Å². The van der Waals surface area contributed by atoms with Gasteiger partial charge < -0.3 is 5.32 Å². The molecule has 0 radical (unpaired) electrons. The molecule has 0 aromatic heterocycles. The van der Waals surface area contributed by atoms with Gasteiger partial charge in [0.05, 0.1) is 11.3 Å². The molecule has 0 bridgehead atoms. The molecule has 1 aliphatic carbocycles. The number of benzene rings is 1. The van der Waals surface area contributed by atoms with Gasteiger partial charge in [0.1, 0.15) is 0 Å². The number of rotatable bonds is 4. The van der Waals surface area contributed by atoms with E-state index in [0.29, 0.717) is 13.0 Å². The van der Waals surface area contributed by atoms with E-state index < -0.39 is 0 Å². The Hall–Kier alpha value is -1.97. The first kappa shape index (κ1) is 15.9. The van der Waals surface area contributed by atoms with Crippen molar-refractivity contribution in [2.45, 2.75) is 46.0 Å². The number of carbonyl (C=O) groups is 2. The minimum atomic E-state index is -0.228. The van der Waals surface area contributed by atoms with Crippen molar-refractivity contribution in [3.05, 3.63) is 33.8 Å². The summed E-state index contributed by atoms with van der Waals surface area (Å²) >= 11 is 0. The molecule has 1 aromatic rings. The molecule has 3 rings (SSSR count). The summed E-state index contributed by atoms with van der Waals surface area (Å²) in [5.41, 5.74) is 2.22. The molecule has 23 heavy (non-hydrogen) atoms. The molecule has 1 N–H and O–H groups in total. The van der Waals surface area contributed by atoms with Gasteiger partial charge >= 0.3 is 0 Å². The van der Waals surface area contributed by atoms with E-state index in [9.17, 15) is 9.59 Å². The highest BCUT2D eigenvalue weighted by atomic mass is 16.2. The highest BCUT2D eigenvalue weighted by molar-refractivity contribution is 5.86. The average Bonchev–Trinajstić information content (AvgIpc) is 3.07. The molecule has 0 saturated heterocycles. The van der Waals surface area contributed by atoms with Gasteiger partial charge in [0.25, 0.3) is 5.91 Å². The van der Waals surface area contributed by atoms with Gasteiger partial charge in [-0.15, -0.1) is 0 Å². The topological polar surface area (TPSA) is 58.5 Å². The minimum Gasteiger partial charge on any atom is -0.356 e. The summed E-state index contributed by atoms with van der Waals surface area (Å²) in [4.78, 5) is 28.5. The van der Waals surface area contributed by atoms with Crippen LogP contribution in [0.15, 0.2) is 17.1 Å². The summed E-state index contributed by atoms with van der Waals surface area (Å²) in [6.07, 6.45) is 6.93. The molecule has 1 aromatic carbocycles. The lowest BCUT2D eigenvalue weighted by molar-refractivity contribution is -0.125. The Kier molecular flexibility index (Phi) is 4.60. The third-order valence-electron chi connectivity index (χ3n) is 5.13. The van der Waals surface area contributed by atoms with Gasteiger partial charge in [-0.1, -0.05) is 31.1 Å². The first-order valence-electron chi connectivity index (χ1n) is 8.54. The summed E-state index contributed by atoms with van der Waals surface area (Å²) < 4.78 is 0. The fourth-order valence-corrected chi connectivity index (χ4v) is 3.48. The Bertz CT molecular complexity index is 745. The smallest absolute Gasteiger partial charge is 0.253 e. The molecule has 2 aliphatic rings. The van der Waals surface area contributed by atoms with Gasteiger partial charge in [0.2, 0.25) is 5.91 Å². The van der Waals surface area contributed by atoms with Crippen molar-refractivity contribution >= 4 is 17.9 Å². The first-order chi connectivity index (χ1) is 11.1. The van der Waals surface area contributed by atoms with E-state index in [1.807, 2.05) is 26.0 Å². The third-order valence-corrected chi connectivity index (χ3v) is 5.13. The number of hydrogen-bond donors (Lipinski definition) is 1. The molecule has 4 nitrogen and oxygen atoms in total. The van der Waals surface area contributed by atoms with Gasteiger partial charge in [-0.3, -0.25) is 9.59 Å². The van der Waals surface area contributed by atoms with Crippen LogP contribution < -0.4 is 15.9 Å². The van der Waals surface area contributed by atoms with Gasteiger partial charge in [-0.2, -0.15) is 0 Å². The molecule has 122 valence electrons. The maximum absolute atomic E-state index is 12.2. The maximum Gasteiger partial charge on any atom is 0.253 e. The quantitative estimate of drug-likeness (QED) is 0.917. The highest BCUT2D eigenvalue weighted by Crippen LogP contribution is 2.24. The van der Waals surface area contributed by atoms with Crippen molar-refractivity contribution in [3.8, 4) is 0 Å². The maximum atomic E-state index is 12.2. The Balaban J connectivity index is 1.65. The van der Waals surface area contributed by atoms with Crippen molar-refractivity contribution in [2.75, 3.05) is 6.54 Å². The van der Waals surface area contributed by atoms with Crippen LogP contribution in [0.4, 0.5) is 0 Å². The molecule has 1 heterocycles. The van der Waals surface area contributed by atoms with Crippen LogP contribution in [0.3, 0.4) is 0 Å². The predicted octanol–water partition coefficient (Wildman–Crippen LogP) is 1.56. The SMILES string of the molecule is Cc1ccc2c(c1C)=NC(=O)C(CCNC(=O)C1CCCC1)C=2. The van der Waals surface area contributed by atoms with Crippen molar-refractivity contribution < 1.29 is 9.59 Å². The molecular weight excluding hydrogens is 288 g/mol. The zero-order valence-electron chi connectivity index (χ0n) is 13.9. The van der Waals surface area contributed by atoms with E-state index in [-0.39, 0.29) is 23.7 Å². The van der Waals surface area contributed by atoms with Gasteiger partial charge in [0, 0.05) is 12.5 Å².